The maximum Gasteiger partial charge on any atom is 0.284 e. The number of carbonyl (C=O) groups excluding carboxylic acids is 1. The molecule has 0 unspecified atom stereocenters. The van der Waals surface area contributed by atoms with Gasteiger partial charge in [0.25, 0.3) is 11.5 Å². The number of aryl methyl sites for hydroxylation is 2. The topological polar surface area (TPSA) is 77.4 Å². The molecule has 108 valence electrons. The molecule has 1 heterocycles. The second-order valence-corrected chi connectivity index (χ2v) is 5.06. The van der Waals surface area contributed by atoms with E-state index >= 15 is 0 Å². The van der Waals surface area contributed by atoms with E-state index in [0.717, 1.165) is 10.2 Å². The summed E-state index contributed by atoms with van der Waals surface area (Å²) in [6.07, 6.45) is 1.50. The number of amides is 1. The Hall–Kier alpha value is -2.40. The maximum atomic E-state index is 12.3. The van der Waals surface area contributed by atoms with E-state index in [0.29, 0.717) is 16.3 Å². The summed E-state index contributed by atoms with van der Waals surface area (Å²) in [5, 5.41) is 4.69. The molecular weight excluding hydrogens is 290 g/mol. The van der Waals surface area contributed by atoms with Gasteiger partial charge in [0, 0.05) is 10.7 Å². The molecule has 0 atom stereocenters. The zero-order chi connectivity index (χ0) is 15.6. The zero-order valence-corrected chi connectivity index (χ0v) is 12.4. The van der Waals surface area contributed by atoms with Gasteiger partial charge >= 0.3 is 0 Å². The zero-order valence-electron chi connectivity index (χ0n) is 11.6. The molecule has 2 aromatic rings. The van der Waals surface area contributed by atoms with Gasteiger partial charge in [-0.25, -0.2) is 4.68 Å². The van der Waals surface area contributed by atoms with Crippen LogP contribution in [0.3, 0.4) is 0 Å². The molecule has 1 amide bonds. The Morgan fingerprint density at radius 3 is 2.67 bits per heavy atom. The van der Waals surface area contributed by atoms with Crippen LogP contribution in [-0.4, -0.2) is 16.8 Å². The lowest BCUT2D eigenvalue weighted by Gasteiger charge is -2.08. The van der Waals surface area contributed by atoms with Crippen LogP contribution in [0.1, 0.15) is 27.2 Å². The van der Waals surface area contributed by atoms with Crippen molar-refractivity contribution >= 4 is 23.7 Å². The highest BCUT2D eigenvalue weighted by atomic mass is 35.5. The fourth-order valence-electron chi connectivity index (χ4n) is 2.04. The highest BCUT2D eigenvalue weighted by molar-refractivity contribution is 6.30. The van der Waals surface area contributed by atoms with Gasteiger partial charge in [0.05, 0.1) is 6.21 Å². The molecule has 1 aromatic heterocycles. The van der Waals surface area contributed by atoms with E-state index in [9.17, 15) is 9.59 Å². The van der Waals surface area contributed by atoms with Gasteiger partial charge in [-0.2, -0.15) is 5.10 Å². The number of nitrogens with zero attached hydrogens (tertiary/aromatic N) is 2. The van der Waals surface area contributed by atoms with Crippen LogP contribution in [0.15, 0.2) is 40.2 Å². The van der Waals surface area contributed by atoms with E-state index in [1.807, 2.05) is 0 Å². The van der Waals surface area contributed by atoms with Gasteiger partial charge in [0.15, 0.2) is 0 Å². The number of rotatable bonds is 3. The van der Waals surface area contributed by atoms with E-state index in [1.165, 1.54) is 6.21 Å². The first-order valence-electron chi connectivity index (χ1n) is 6.23. The summed E-state index contributed by atoms with van der Waals surface area (Å²) in [5.41, 5.74) is 6.56. The molecule has 1 aromatic carbocycles. The normalized spacial score (nSPS) is 11.0. The number of primary amides is 1. The van der Waals surface area contributed by atoms with Gasteiger partial charge in [-0.05, 0) is 43.2 Å². The Bertz CT molecular complexity index is 794. The van der Waals surface area contributed by atoms with Crippen molar-refractivity contribution in [2.75, 3.05) is 0 Å². The minimum atomic E-state index is -0.760. The smallest absolute Gasteiger partial charge is 0.284 e. The third-order valence-corrected chi connectivity index (χ3v) is 3.21. The molecule has 0 fully saturated rings. The summed E-state index contributed by atoms with van der Waals surface area (Å²) >= 11 is 5.89. The Kier molecular flexibility index (Phi) is 4.23. The first-order valence-corrected chi connectivity index (χ1v) is 6.61. The summed E-state index contributed by atoms with van der Waals surface area (Å²) in [5.74, 6) is -0.760. The number of pyridine rings is 1. The average molecular weight is 304 g/mol. The maximum absolute atomic E-state index is 12.3. The summed E-state index contributed by atoms with van der Waals surface area (Å²) in [6.45, 7) is 3.40. The highest BCUT2D eigenvalue weighted by Gasteiger charge is 2.14. The molecule has 0 aliphatic rings. The van der Waals surface area contributed by atoms with Crippen molar-refractivity contribution < 1.29 is 4.79 Å². The van der Waals surface area contributed by atoms with Crippen molar-refractivity contribution in [2.24, 2.45) is 10.8 Å². The van der Waals surface area contributed by atoms with Gasteiger partial charge in [0.2, 0.25) is 0 Å². The molecule has 0 spiro atoms. The summed E-state index contributed by atoms with van der Waals surface area (Å²) in [6, 6.07) is 8.74. The lowest BCUT2D eigenvalue weighted by atomic mass is 10.1. The number of hydrogen-bond acceptors (Lipinski definition) is 3. The van der Waals surface area contributed by atoms with Crippen molar-refractivity contribution in [3.8, 4) is 0 Å². The van der Waals surface area contributed by atoms with Crippen molar-refractivity contribution in [2.45, 2.75) is 13.8 Å². The van der Waals surface area contributed by atoms with Gasteiger partial charge in [0.1, 0.15) is 5.56 Å². The number of aromatic nitrogens is 1. The van der Waals surface area contributed by atoms with E-state index in [4.69, 9.17) is 17.3 Å². The predicted molar refractivity (Wildman–Crippen MR) is 83.1 cm³/mol. The molecule has 0 aliphatic carbocycles. The van der Waals surface area contributed by atoms with Crippen LogP contribution in [0.5, 0.6) is 0 Å². The number of nitrogens with two attached hydrogens (primary N) is 1. The first-order chi connectivity index (χ1) is 9.90. The third-order valence-electron chi connectivity index (χ3n) is 2.98. The summed E-state index contributed by atoms with van der Waals surface area (Å²) < 4.78 is 1.15. The number of benzene rings is 1. The third kappa shape index (κ3) is 3.20. The van der Waals surface area contributed by atoms with Crippen LogP contribution in [0, 0.1) is 13.8 Å². The van der Waals surface area contributed by atoms with E-state index in [2.05, 4.69) is 5.10 Å². The summed E-state index contributed by atoms with van der Waals surface area (Å²) in [4.78, 5) is 23.6. The monoisotopic (exact) mass is 303 g/mol. The molecular formula is C15H14ClN3O2. The van der Waals surface area contributed by atoms with Crippen molar-refractivity contribution in [1.29, 1.82) is 0 Å². The average Bonchev–Trinajstić information content (AvgIpc) is 2.37. The molecule has 21 heavy (non-hydrogen) atoms. The Morgan fingerprint density at radius 1 is 1.33 bits per heavy atom. The molecule has 2 N–H and O–H groups in total. The second-order valence-electron chi connectivity index (χ2n) is 4.62. The van der Waals surface area contributed by atoms with Gasteiger partial charge < -0.3 is 5.73 Å². The van der Waals surface area contributed by atoms with Gasteiger partial charge in [-0.3, -0.25) is 9.59 Å². The molecule has 2 rings (SSSR count). The number of halogens is 1. The quantitative estimate of drug-likeness (QED) is 0.881. The molecule has 0 bridgehead atoms. The Labute approximate surface area is 126 Å². The van der Waals surface area contributed by atoms with E-state index < -0.39 is 11.5 Å². The van der Waals surface area contributed by atoms with Crippen LogP contribution >= 0.6 is 11.6 Å². The van der Waals surface area contributed by atoms with Crippen LogP contribution < -0.4 is 11.3 Å². The van der Waals surface area contributed by atoms with Crippen molar-refractivity contribution in [3.63, 3.8) is 0 Å². The Morgan fingerprint density at radius 2 is 2.05 bits per heavy atom. The lowest BCUT2D eigenvalue weighted by molar-refractivity contribution is 0.0997. The molecule has 0 saturated carbocycles. The van der Waals surface area contributed by atoms with Gasteiger partial charge in [-0.15, -0.1) is 0 Å². The minimum absolute atomic E-state index is 0.0520. The number of hydrogen-bond donors (Lipinski definition) is 1. The van der Waals surface area contributed by atoms with Crippen LogP contribution in [0.2, 0.25) is 5.02 Å². The molecule has 0 aliphatic heterocycles. The molecule has 0 radical (unpaired) electrons. The second kappa shape index (κ2) is 5.93. The largest absolute Gasteiger partial charge is 0.365 e. The molecule has 5 nitrogen and oxygen atoms in total. The Balaban J connectivity index is 2.52. The fraction of sp³-hybridized carbons (Fsp3) is 0.133. The SMILES string of the molecule is Cc1cc(C)n(/N=C/c2cccc(Cl)c2)c(=O)c1C(N)=O. The van der Waals surface area contributed by atoms with Crippen molar-refractivity contribution in [3.05, 3.63) is 68.1 Å². The predicted octanol–water partition coefficient (Wildman–Crippen LogP) is 2.10. The minimum Gasteiger partial charge on any atom is -0.365 e. The van der Waals surface area contributed by atoms with E-state index in [-0.39, 0.29) is 5.56 Å². The standard InChI is InChI=1S/C15H14ClN3O2/c1-9-6-10(2)19(15(21)13(9)14(17)20)18-8-11-4-3-5-12(16)7-11/h3-8H,1-2H3,(H2,17,20)/b18-8+. The fourth-order valence-corrected chi connectivity index (χ4v) is 2.23. The summed E-state index contributed by atoms with van der Waals surface area (Å²) in [7, 11) is 0. The lowest BCUT2D eigenvalue weighted by Crippen LogP contribution is -2.30. The van der Waals surface area contributed by atoms with Crippen LogP contribution in [0.25, 0.3) is 0 Å². The van der Waals surface area contributed by atoms with E-state index in [1.54, 1.807) is 44.2 Å². The number of carbonyl (C=O) groups is 1. The van der Waals surface area contributed by atoms with Crippen LogP contribution in [0.4, 0.5) is 0 Å². The van der Waals surface area contributed by atoms with Crippen LogP contribution in [-0.2, 0) is 0 Å². The molecule has 0 saturated heterocycles. The molecule has 6 heteroatoms. The highest BCUT2D eigenvalue weighted by Crippen LogP contribution is 2.09. The van der Waals surface area contributed by atoms with Crippen molar-refractivity contribution in [1.82, 2.24) is 4.68 Å². The first kappa shape index (κ1) is 15.0. The van der Waals surface area contributed by atoms with Gasteiger partial charge in [-0.1, -0.05) is 23.7 Å².